The van der Waals surface area contributed by atoms with E-state index in [-0.39, 0.29) is 25.2 Å². The van der Waals surface area contributed by atoms with E-state index in [2.05, 4.69) is 20.7 Å². The molecule has 1 rings (SSSR count). The number of halogens is 1. The van der Waals surface area contributed by atoms with Gasteiger partial charge in [-0.1, -0.05) is 28.1 Å². The molecule has 0 aliphatic carbocycles. The first-order valence-corrected chi connectivity index (χ1v) is 6.43. The minimum Gasteiger partial charge on any atom is -0.466 e. The van der Waals surface area contributed by atoms with Crippen LogP contribution in [0.3, 0.4) is 0 Å². The smallest absolute Gasteiger partial charge is 0.313 e. The molecule has 98 valence electrons. The Kier molecular flexibility index (Phi) is 6.01. The van der Waals surface area contributed by atoms with Gasteiger partial charge in [0.2, 0.25) is 0 Å². The van der Waals surface area contributed by atoms with Gasteiger partial charge in [0.1, 0.15) is 12.2 Å². The summed E-state index contributed by atoms with van der Waals surface area (Å²) in [7, 11) is 0. The second-order valence-electron chi connectivity index (χ2n) is 3.79. The number of Topliss-reactive ketones (excluding diaryl/α,β-unsaturated/α-hetero) is 1. The van der Waals surface area contributed by atoms with Gasteiger partial charge in [-0.15, -0.1) is 0 Å². The van der Waals surface area contributed by atoms with Gasteiger partial charge in [-0.3, -0.25) is 9.59 Å². The molecule has 0 fully saturated rings. The number of benzene rings is 1. The Morgan fingerprint density at radius 3 is 2.50 bits per heavy atom. The highest BCUT2D eigenvalue weighted by Crippen LogP contribution is 2.20. The van der Waals surface area contributed by atoms with Crippen molar-refractivity contribution in [3.63, 3.8) is 0 Å². The maximum absolute atomic E-state index is 11.5. The molecule has 0 saturated heterocycles. The van der Waals surface area contributed by atoms with Crippen LogP contribution in [0.25, 0.3) is 0 Å². The molecule has 4 nitrogen and oxygen atoms in total. The molecule has 1 aromatic rings. The van der Waals surface area contributed by atoms with Gasteiger partial charge in [0.05, 0.1) is 12.7 Å². The van der Waals surface area contributed by atoms with Crippen molar-refractivity contribution in [3.05, 3.63) is 34.3 Å². The molecule has 0 bridgehead atoms. The number of hydrogen-bond donors (Lipinski definition) is 1. The zero-order valence-electron chi connectivity index (χ0n) is 10.1. The van der Waals surface area contributed by atoms with Crippen LogP contribution >= 0.6 is 15.9 Å². The van der Waals surface area contributed by atoms with Crippen LogP contribution in [0.5, 0.6) is 0 Å². The molecule has 1 aromatic carbocycles. The van der Waals surface area contributed by atoms with E-state index in [9.17, 15) is 14.7 Å². The van der Waals surface area contributed by atoms with Crippen LogP contribution in [0.1, 0.15) is 31.4 Å². The first-order chi connectivity index (χ1) is 8.52. The lowest BCUT2D eigenvalue weighted by molar-refractivity contribution is -0.145. The SMILES string of the molecule is CCOC(=O)CC(=O)CC(O)c1ccc(Br)cc1. The highest BCUT2D eigenvalue weighted by atomic mass is 79.9. The summed E-state index contributed by atoms with van der Waals surface area (Å²) in [5, 5.41) is 9.84. The number of ketones is 1. The summed E-state index contributed by atoms with van der Waals surface area (Å²) >= 11 is 3.29. The van der Waals surface area contributed by atoms with Crippen molar-refractivity contribution in [1.29, 1.82) is 0 Å². The van der Waals surface area contributed by atoms with Crippen LogP contribution in [-0.2, 0) is 14.3 Å². The van der Waals surface area contributed by atoms with E-state index < -0.39 is 12.1 Å². The fraction of sp³-hybridized carbons (Fsp3) is 0.385. The maximum Gasteiger partial charge on any atom is 0.313 e. The van der Waals surface area contributed by atoms with E-state index >= 15 is 0 Å². The third kappa shape index (κ3) is 4.98. The molecule has 0 heterocycles. The fourth-order valence-corrected chi connectivity index (χ4v) is 1.73. The van der Waals surface area contributed by atoms with E-state index in [0.717, 1.165) is 4.47 Å². The van der Waals surface area contributed by atoms with Crippen LogP contribution in [0.15, 0.2) is 28.7 Å². The van der Waals surface area contributed by atoms with E-state index in [1.54, 1.807) is 31.2 Å². The zero-order valence-corrected chi connectivity index (χ0v) is 11.6. The van der Waals surface area contributed by atoms with Gasteiger partial charge in [-0.05, 0) is 24.6 Å². The molecule has 0 saturated carbocycles. The normalized spacial score (nSPS) is 11.9. The van der Waals surface area contributed by atoms with Crippen LogP contribution in [0.4, 0.5) is 0 Å². The van der Waals surface area contributed by atoms with Crippen molar-refractivity contribution < 1.29 is 19.4 Å². The van der Waals surface area contributed by atoms with E-state index in [0.29, 0.717) is 5.56 Å². The first-order valence-electron chi connectivity index (χ1n) is 5.63. The lowest BCUT2D eigenvalue weighted by atomic mass is 10.0. The molecular formula is C13H15BrO4. The summed E-state index contributed by atoms with van der Waals surface area (Å²) in [4.78, 5) is 22.6. The molecule has 0 aliphatic rings. The van der Waals surface area contributed by atoms with Gasteiger partial charge in [0.15, 0.2) is 0 Å². The van der Waals surface area contributed by atoms with E-state index in [4.69, 9.17) is 0 Å². The average Bonchev–Trinajstić information content (AvgIpc) is 2.29. The second kappa shape index (κ2) is 7.28. The van der Waals surface area contributed by atoms with Gasteiger partial charge in [-0.2, -0.15) is 0 Å². The van der Waals surface area contributed by atoms with Crippen molar-refractivity contribution in [2.75, 3.05) is 6.61 Å². The molecule has 18 heavy (non-hydrogen) atoms. The number of carbonyl (C=O) groups excluding carboxylic acids is 2. The van der Waals surface area contributed by atoms with Crippen molar-refractivity contribution in [3.8, 4) is 0 Å². The summed E-state index contributed by atoms with van der Waals surface area (Å²) in [6.07, 6.45) is -1.26. The van der Waals surface area contributed by atoms with E-state index in [1.165, 1.54) is 0 Å². The third-order valence-corrected chi connectivity index (χ3v) is 2.85. The average molecular weight is 315 g/mol. The Bertz CT molecular complexity index is 414. The van der Waals surface area contributed by atoms with Crippen molar-refractivity contribution in [2.45, 2.75) is 25.9 Å². The third-order valence-electron chi connectivity index (χ3n) is 2.32. The molecule has 0 aromatic heterocycles. The standard InChI is InChI=1S/C13H15BrO4/c1-2-18-13(17)8-11(15)7-12(16)9-3-5-10(14)6-4-9/h3-6,12,16H,2,7-8H2,1H3. The van der Waals surface area contributed by atoms with Crippen LogP contribution < -0.4 is 0 Å². The minimum atomic E-state index is -0.889. The Balaban J connectivity index is 2.49. The summed E-state index contributed by atoms with van der Waals surface area (Å²) in [6.45, 7) is 1.93. The fourth-order valence-electron chi connectivity index (χ4n) is 1.46. The number of aliphatic hydroxyl groups is 1. The first kappa shape index (κ1) is 14.9. The monoisotopic (exact) mass is 314 g/mol. The maximum atomic E-state index is 11.5. The zero-order chi connectivity index (χ0) is 13.5. The van der Waals surface area contributed by atoms with Crippen LogP contribution in [0, 0.1) is 0 Å². The number of esters is 1. The number of ether oxygens (including phenoxy) is 1. The van der Waals surface area contributed by atoms with Crippen molar-refractivity contribution in [1.82, 2.24) is 0 Å². The van der Waals surface area contributed by atoms with Gasteiger partial charge in [0.25, 0.3) is 0 Å². The highest BCUT2D eigenvalue weighted by molar-refractivity contribution is 9.10. The number of carbonyl (C=O) groups is 2. The highest BCUT2D eigenvalue weighted by Gasteiger charge is 2.16. The molecule has 1 unspecified atom stereocenters. The van der Waals surface area contributed by atoms with Crippen molar-refractivity contribution >= 4 is 27.7 Å². The van der Waals surface area contributed by atoms with Gasteiger partial charge in [-0.25, -0.2) is 0 Å². The summed E-state index contributed by atoms with van der Waals surface area (Å²) < 4.78 is 5.57. The molecule has 1 N–H and O–H groups in total. The molecule has 0 aliphatic heterocycles. The van der Waals surface area contributed by atoms with Gasteiger partial charge >= 0.3 is 5.97 Å². The van der Waals surface area contributed by atoms with Gasteiger partial charge in [0, 0.05) is 10.9 Å². The van der Waals surface area contributed by atoms with Crippen LogP contribution in [0.2, 0.25) is 0 Å². The molecule has 0 spiro atoms. The van der Waals surface area contributed by atoms with E-state index in [1.807, 2.05) is 0 Å². The lowest BCUT2D eigenvalue weighted by Crippen LogP contribution is -2.13. The summed E-state index contributed by atoms with van der Waals surface area (Å²) in [5.41, 5.74) is 0.649. The van der Waals surface area contributed by atoms with Gasteiger partial charge < -0.3 is 9.84 Å². The molecular weight excluding hydrogens is 300 g/mol. The lowest BCUT2D eigenvalue weighted by Gasteiger charge is -2.10. The topological polar surface area (TPSA) is 63.6 Å². The number of hydrogen-bond acceptors (Lipinski definition) is 4. The van der Waals surface area contributed by atoms with Crippen LogP contribution in [-0.4, -0.2) is 23.5 Å². The Hall–Kier alpha value is -1.20. The second-order valence-corrected chi connectivity index (χ2v) is 4.71. The Morgan fingerprint density at radius 2 is 1.94 bits per heavy atom. The summed E-state index contributed by atoms with van der Waals surface area (Å²) in [5.74, 6) is -0.880. The molecule has 0 amide bonds. The number of rotatable bonds is 6. The molecule has 0 radical (unpaired) electrons. The Labute approximate surface area is 114 Å². The predicted octanol–water partition coefficient (Wildman–Crippen LogP) is 2.39. The quantitative estimate of drug-likeness (QED) is 0.647. The molecule has 1 atom stereocenters. The number of aliphatic hydroxyl groups excluding tert-OH is 1. The molecule has 5 heteroatoms. The Morgan fingerprint density at radius 1 is 1.33 bits per heavy atom. The van der Waals surface area contributed by atoms with Crippen molar-refractivity contribution in [2.24, 2.45) is 0 Å². The summed E-state index contributed by atoms with van der Waals surface area (Å²) in [6, 6.07) is 7.03. The predicted molar refractivity (Wildman–Crippen MR) is 70.0 cm³/mol. The largest absolute Gasteiger partial charge is 0.466 e. The minimum absolute atomic E-state index is 0.0829.